The van der Waals surface area contributed by atoms with Gasteiger partial charge in [0.2, 0.25) is 0 Å². The van der Waals surface area contributed by atoms with Gasteiger partial charge in [-0.25, -0.2) is 4.39 Å². The monoisotopic (exact) mass is 387 g/mol. The number of pyridine rings is 1. The predicted octanol–water partition coefficient (Wildman–Crippen LogP) is 2.62. The fourth-order valence-corrected chi connectivity index (χ4v) is 3.47. The first kappa shape index (κ1) is 19.8. The van der Waals surface area contributed by atoms with Gasteiger partial charge in [0.05, 0.1) is 12.7 Å². The highest BCUT2D eigenvalue weighted by atomic mass is 19.1. The van der Waals surface area contributed by atoms with E-state index in [0.29, 0.717) is 23.4 Å². The molecule has 7 nitrogen and oxygen atoms in total. The molecule has 28 heavy (non-hydrogen) atoms. The summed E-state index contributed by atoms with van der Waals surface area (Å²) in [6.07, 6.45) is 1.12. The SMILES string of the molecule is COc1cc(F)ccc1[C@@H]1CC(C)(C)O[C@H]1C(=O)Nc1ccnc(C(N)=O)c1. The third-order valence-corrected chi connectivity index (χ3v) is 4.66. The van der Waals surface area contributed by atoms with Crippen LogP contribution in [0.5, 0.6) is 5.75 Å². The van der Waals surface area contributed by atoms with Gasteiger partial charge in [-0.2, -0.15) is 0 Å². The number of halogens is 1. The van der Waals surface area contributed by atoms with Gasteiger partial charge in [0.1, 0.15) is 23.4 Å². The highest BCUT2D eigenvalue weighted by Gasteiger charge is 2.45. The number of aromatic nitrogens is 1. The molecule has 2 atom stereocenters. The fourth-order valence-electron chi connectivity index (χ4n) is 3.47. The number of benzene rings is 1. The van der Waals surface area contributed by atoms with Crippen LogP contribution in [0.15, 0.2) is 36.5 Å². The topological polar surface area (TPSA) is 104 Å². The summed E-state index contributed by atoms with van der Waals surface area (Å²) in [6.45, 7) is 3.78. The number of rotatable bonds is 5. The van der Waals surface area contributed by atoms with E-state index in [0.717, 1.165) is 0 Å². The van der Waals surface area contributed by atoms with Gasteiger partial charge in [0.15, 0.2) is 0 Å². The highest BCUT2D eigenvalue weighted by Crippen LogP contribution is 2.44. The van der Waals surface area contributed by atoms with Crippen LogP contribution in [0.3, 0.4) is 0 Å². The number of hydrogen-bond acceptors (Lipinski definition) is 5. The summed E-state index contributed by atoms with van der Waals surface area (Å²) in [7, 11) is 1.45. The van der Waals surface area contributed by atoms with E-state index in [1.165, 1.54) is 31.5 Å². The van der Waals surface area contributed by atoms with Crippen LogP contribution in [0.2, 0.25) is 0 Å². The second kappa shape index (κ2) is 7.55. The van der Waals surface area contributed by atoms with Crippen LogP contribution < -0.4 is 15.8 Å². The zero-order chi connectivity index (χ0) is 20.5. The molecule has 1 aromatic heterocycles. The Morgan fingerprint density at radius 2 is 2.07 bits per heavy atom. The lowest BCUT2D eigenvalue weighted by Gasteiger charge is -2.21. The van der Waals surface area contributed by atoms with Crippen molar-refractivity contribution < 1.29 is 23.5 Å². The summed E-state index contributed by atoms with van der Waals surface area (Å²) in [4.78, 5) is 28.1. The number of methoxy groups -OCH3 is 1. The van der Waals surface area contributed by atoms with Gasteiger partial charge >= 0.3 is 0 Å². The first-order valence-electron chi connectivity index (χ1n) is 8.78. The average molecular weight is 387 g/mol. The molecule has 0 bridgehead atoms. The van der Waals surface area contributed by atoms with Crippen molar-refractivity contribution in [2.75, 3.05) is 12.4 Å². The van der Waals surface area contributed by atoms with Gasteiger partial charge in [-0.1, -0.05) is 6.07 Å². The first-order chi connectivity index (χ1) is 13.2. The number of amides is 2. The van der Waals surface area contributed by atoms with Crippen molar-refractivity contribution in [2.45, 2.75) is 37.9 Å². The van der Waals surface area contributed by atoms with Gasteiger partial charge in [-0.15, -0.1) is 0 Å². The van der Waals surface area contributed by atoms with Crippen molar-refractivity contribution in [3.63, 3.8) is 0 Å². The third kappa shape index (κ3) is 4.12. The summed E-state index contributed by atoms with van der Waals surface area (Å²) < 4.78 is 24.9. The highest BCUT2D eigenvalue weighted by molar-refractivity contribution is 5.97. The molecule has 2 aromatic rings. The van der Waals surface area contributed by atoms with E-state index in [4.69, 9.17) is 15.2 Å². The maximum absolute atomic E-state index is 13.6. The molecule has 0 aliphatic carbocycles. The molecule has 2 heterocycles. The minimum atomic E-state index is -0.820. The minimum Gasteiger partial charge on any atom is -0.496 e. The summed E-state index contributed by atoms with van der Waals surface area (Å²) in [5, 5.41) is 2.74. The number of nitrogens with zero attached hydrogens (tertiary/aromatic N) is 1. The summed E-state index contributed by atoms with van der Waals surface area (Å²) in [5.41, 5.74) is 5.80. The Hall–Kier alpha value is -3.00. The van der Waals surface area contributed by atoms with Crippen LogP contribution in [-0.4, -0.2) is 35.6 Å². The zero-order valence-corrected chi connectivity index (χ0v) is 15.9. The molecular weight excluding hydrogens is 365 g/mol. The molecule has 1 saturated heterocycles. The molecule has 148 valence electrons. The summed E-state index contributed by atoms with van der Waals surface area (Å²) in [5.74, 6) is -1.46. The van der Waals surface area contributed by atoms with E-state index in [-0.39, 0.29) is 17.5 Å². The number of nitrogens with two attached hydrogens (primary N) is 1. The van der Waals surface area contributed by atoms with Crippen LogP contribution in [0.1, 0.15) is 42.2 Å². The van der Waals surface area contributed by atoms with Crippen LogP contribution in [-0.2, 0) is 9.53 Å². The lowest BCUT2D eigenvalue weighted by Crippen LogP contribution is -2.33. The summed E-state index contributed by atoms with van der Waals surface area (Å²) >= 11 is 0. The van der Waals surface area contributed by atoms with E-state index >= 15 is 0 Å². The van der Waals surface area contributed by atoms with Crippen LogP contribution in [0, 0.1) is 5.82 Å². The minimum absolute atomic E-state index is 0.0437. The molecule has 1 aromatic carbocycles. The molecule has 0 unspecified atom stereocenters. The molecule has 0 spiro atoms. The lowest BCUT2D eigenvalue weighted by molar-refractivity contribution is -0.130. The normalized spacial score (nSPS) is 20.6. The van der Waals surface area contributed by atoms with Gasteiger partial charge in [-0.3, -0.25) is 14.6 Å². The largest absolute Gasteiger partial charge is 0.496 e. The number of hydrogen-bond donors (Lipinski definition) is 2. The van der Waals surface area contributed by atoms with E-state index in [2.05, 4.69) is 10.3 Å². The number of carbonyl (C=O) groups excluding carboxylic acids is 2. The van der Waals surface area contributed by atoms with Gasteiger partial charge in [0, 0.05) is 29.4 Å². The Morgan fingerprint density at radius 3 is 2.75 bits per heavy atom. The van der Waals surface area contributed by atoms with Crippen LogP contribution >= 0.6 is 0 Å². The number of nitrogens with one attached hydrogen (secondary N) is 1. The van der Waals surface area contributed by atoms with Crippen molar-refractivity contribution in [3.8, 4) is 5.75 Å². The van der Waals surface area contributed by atoms with Gasteiger partial charge in [-0.05, 0) is 38.5 Å². The molecular formula is C20H22FN3O4. The standard InChI is InChI=1S/C20H22FN3O4/c1-20(2)10-14(13-5-4-11(21)8-16(13)27-3)17(28-20)19(26)24-12-6-7-23-15(9-12)18(22)25/h4-9,14,17H,10H2,1-3H3,(H2,22,25)(H,23,24,26)/t14-,17+/m0/s1. The van der Waals surface area contributed by atoms with E-state index in [1.54, 1.807) is 12.1 Å². The van der Waals surface area contributed by atoms with Crippen LogP contribution in [0.4, 0.5) is 10.1 Å². The lowest BCUT2D eigenvalue weighted by atomic mass is 9.87. The molecule has 1 aliphatic heterocycles. The predicted molar refractivity (Wildman–Crippen MR) is 101 cm³/mol. The number of ether oxygens (including phenoxy) is 2. The average Bonchev–Trinajstić information content (AvgIpc) is 2.97. The zero-order valence-electron chi connectivity index (χ0n) is 15.9. The fraction of sp³-hybridized carbons (Fsp3) is 0.350. The summed E-state index contributed by atoms with van der Waals surface area (Å²) in [6, 6.07) is 7.19. The second-order valence-corrected chi connectivity index (χ2v) is 7.28. The Labute approximate surface area is 162 Å². The van der Waals surface area contributed by atoms with Crippen molar-refractivity contribution in [2.24, 2.45) is 5.73 Å². The van der Waals surface area contributed by atoms with Crippen molar-refractivity contribution in [3.05, 3.63) is 53.6 Å². The number of primary amides is 1. The van der Waals surface area contributed by atoms with E-state index < -0.39 is 23.4 Å². The van der Waals surface area contributed by atoms with E-state index in [1.807, 2.05) is 13.8 Å². The van der Waals surface area contributed by atoms with Crippen LogP contribution in [0.25, 0.3) is 0 Å². The Kier molecular flexibility index (Phi) is 5.33. The van der Waals surface area contributed by atoms with Gasteiger partial charge in [0.25, 0.3) is 11.8 Å². The third-order valence-electron chi connectivity index (χ3n) is 4.66. The molecule has 1 aliphatic rings. The first-order valence-corrected chi connectivity index (χ1v) is 8.78. The molecule has 3 N–H and O–H groups in total. The second-order valence-electron chi connectivity index (χ2n) is 7.28. The Bertz CT molecular complexity index is 916. The van der Waals surface area contributed by atoms with Crippen molar-refractivity contribution in [1.82, 2.24) is 4.98 Å². The van der Waals surface area contributed by atoms with Crippen molar-refractivity contribution >= 4 is 17.5 Å². The molecule has 8 heteroatoms. The molecule has 0 radical (unpaired) electrons. The number of carbonyl (C=O) groups is 2. The molecule has 3 rings (SSSR count). The maximum atomic E-state index is 13.6. The molecule has 2 amide bonds. The number of anilines is 1. The maximum Gasteiger partial charge on any atom is 0.267 e. The Morgan fingerprint density at radius 1 is 1.32 bits per heavy atom. The Balaban J connectivity index is 1.89. The smallest absolute Gasteiger partial charge is 0.267 e. The molecule has 1 fully saturated rings. The molecule has 0 saturated carbocycles. The quantitative estimate of drug-likeness (QED) is 0.821. The van der Waals surface area contributed by atoms with E-state index in [9.17, 15) is 14.0 Å². The van der Waals surface area contributed by atoms with Gasteiger partial charge < -0.3 is 20.5 Å². The van der Waals surface area contributed by atoms with Crippen molar-refractivity contribution in [1.29, 1.82) is 0 Å².